The zero-order valence-corrected chi connectivity index (χ0v) is 13.3. The molecule has 0 spiro atoms. The van der Waals surface area contributed by atoms with Crippen molar-refractivity contribution in [3.05, 3.63) is 28.2 Å². The molecule has 0 radical (unpaired) electrons. The van der Waals surface area contributed by atoms with Crippen molar-refractivity contribution in [2.24, 2.45) is 5.73 Å². The van der Waals surface area contributed by atoms with Crippen LogP contribution in [0, 0.1) is 0 Å². The number of thiocarbonyl (C=S) groups is 1. The summed E-state index contributed by atoms with van der Waals surface area (Å²) in [4.78, 5) is 12.1. The number of halogens is 1. The highest BCUT2D eigenvalue weighted by atomic mass is 79.9. The van der Waals surface area contributed by atoms with Crippen LogP contribution in [0.25, 0.3) is 0 Å². The number of nitrogens with two attached hydrogens (primary N) is 1. The van der Waals surface area contributed by atoms with Gasteiger partial charge in [-0.1, -0.05) is 12.2 Å². The van der Waals surface area contributed by atoms with Crippen molar-refractivity contribution >= 4 is 44.7 Å². The Bertz CT molecular complexity index is 480. The van der Waals surface area contributed by atoms with E-state index in [1.807, 2.05) is 6.92 Å². The van der Waals surface area contributed by atoms with E-state index in [0.717, 1.165) is 10.0 Å². The first-order valence-electron chi connectivity index (χ1n) is 5.86. The molecule has 1 amide bonds. The van der Waals surface area contributed by atoms with Crippen molar-refractivity contribution in [1.82, 2.24) is 0 Å². The molecule has 0 saturated heterocycles. The minimum Gasteiger partial charge on any atom is -0.389 e. The first kappa shape index (κ1) is 16.1. The molecule has 0 heterocycles. The maximum atomic E-state index is 11.8. The van der Waals surface area contributed by atoms with Gasteiger partial charge in [-0.2, -0.15) is 0 Å². The van der Waals surface area contributed by atoms with Gasteiger partial charge in [-0.05, 0) is 47.5 Å². The SMILES string of the molecule is COC(C)CCC(=O)Nc1ccc(C(N)=S)cc1Br. The molecule has 4 nitrogen and oxygen atoms in total. The van der Waals surface area contributed by atoms with Crippen LogP contribution in [0.3, 0.4) is 0 Å². The Morgan fingerprint density at radius 2 is 2.26 bits per heavy atom. The number of benzene rings is 1. The van der Waals surface area contributed by atoms with Crippen molar-refractivity contribution in [2.45, 2.75) is 25.9 Å². The lowest BCUT2D eigenvalue weighted by Gasteiger charge is -2.11. The van der Waals surface area contributed by atoms with Gasteiger partial charge in [0, 0.05) is 23.6 Å². The molecule has 3 N–H and O–H groups in total. The molecule has 1 aromatic rings. The predicted octanol–water partition coefficient (Wildman–Crippen LogP) is 2.84. The van der Waals surface area contributed by atoms with E-state index in [1.54, 1.807) is 25.3 Å². The molecule has 0 saturated carbocycles. The molecule has 0 fully saturated rings. The quantitative estimate of drug-likeness (QED) is 0.779. The Balaban J connectivity index is 2.62. The zero-order chi connectivity index (χ0) is 14.4. The predicted molar refractivity (Wildman–Crippen MR) is 84.4 cm³/mol. The first-order chi connectivity index (χ1) is 8.93. The van der Waals surface area contributed by atoms with Gasteiger partial charge in [-0.3, -0.25) is 4.79 Å². The van der Waals surface area contributed by atoms with Crippen molar-refractivity contribution in [1.29, 1.82) is 0 Å². The molecule has 1 rings (SSSR count). The minimum atomic E-state index is -0.0484. The number of hydrogen-bond donors (Lipinski definition) is 2. The molecule has 0 aromatic heterocycles. The van der Waals surface area contributed by atoms with Gasteiger partial charge in [0.15, 0.2) is 0 Å². The fraction of sp³-hybridized carbons (Fsp3) is 0.385. The molecule has 1 atom stereocenters. The summed E-state index contributed by atoms with van der Waals surface area (Å²) in [6, 6.07) is 5.34. The van der Waals surface area contributed by atoms with E-state index in [1.165, 1.54) is 0 Å². The summed E-state index contributed by atoms with van der Waals surface area (Å²) in [7, 11) is 1.63. The summed E-state index contributed by atoms with van der Waals surface area (Å²) in [5.41, 5.74) is 7.00. The Morgan fingerprint density at radius 1 is 1.58 bits per heavy atom. The molecule has 0 aliphatic rings. The standard InChI is InChI=1S/C13H17BrN2O2S/c1-8(18-2)3-6-12(17)16-11-5-4-9(13(15)19)7-10(11)14/h4-5,7-8H,3,6H2,1-2H3,(H2,15,19)(H,16,17). The van der Waals surface area contributed by atoms with Crippen LogP contribution in [-0.4, -0.2) is 24.1 Å². The third-order valence-electron chi connectivity index (χ3n) is 2.71. The van der Waals surface area contributed by atoms with Crippen molar-refractivity contribution in [3.8, 4) is 0 Å². The van der Waals surface area contributed by atoms with Gasteiger partial charge >= 0.3 is 0 Å². The van der Waals surface area contributed by atoms with E-state index in [2.05, 4.69) is 21.2 Å². The van der Waals surface area contributed by atoms with Crippen LogP contribution >= 0.6 is 28.1 Å². The molecule has 6 heteroatoms. The maximum absolute atomic E-state index is 11.8. The van der Waals surface area contributed by atoms with E-state index in [9.17, 15) is 4.79 Å². The third-order valence-corrected chi connectivity index (χ3v) is 3.60. The van der Waals surface area contributed by atoms with Crippen LogP contribution < -0.4 is 11.1 Å². The second-order valence-electron chi connectivity index (χ2n) is 4.19. The Labute approximate surface area is 126 Å². The van der Waals surface area contributed by atoms with Gasteiger partial charge in [0.1, 0.15) is 4.99 Å². The lowest BCUT2D eigenvalue weighted by atomic mass is 10.2. The Hall–Kier alpha value is -0.980. The van der Waals surface area contributed by atoms with Gasteiger partial charge in [-0.15, -0.1) is 0 Å². The summed E-state index contributed by atoms with van der Waals surface area (Å²) < 4.78 is 5.85. The van der Waals surface area contributed by atoms with Crippen LogP contribution in [0.4, 0.5) is 5.69 Å². The van der Waals surface area contributed by atoms with Crippen LogP contribution in [0.15, 0.2) is 22.7 Å². The number of anilines is 1. The Morgan fingerprint density at radius 3 is 2.79 bits per heavy atom. The van der Waals surface area contributed by atoms with Gasteiger partial charge in [0.2, 0.25) is 5.91 Å². The molecule has 0 aliphatic heterocycles. The number of amides is 1. The molecule has 0 aliphatic carbocycles. The van der Waals surface area contributed by atoms with E-state index in [0.29, 0.717) is 23.5 Å². The summed E-state index contributed by atoms with van der Waals surface area (Å²) >= 11 is 8.28. The van der Waals surface area contributed by atoms with Crippen molar-refractivity contribution in [2.75, 3.05) is 12.4 Å². The number of nitrogens with one attached hydrogen (secondary N) is 1. The number of methoxy groups -OCH3 is 1. The van der Waals surface area contributed by atoms with Crippen molar-refractivity contribution in [3.63, 3.8) is 0 Å². The molecular formula is C13H17BrN2O2S. The van der Waals surface area contributed by atoms with E-state index in [-0.39, 0.29) is 12.0 Å². The third kappa shape index (κ3) is 5.26. The fourth-order valence-corrected chi connectivity index (χ4v) is 2.04. The first-order valence-corrected chi connectivity index (χ1v) is 7.06. The highest BCUT2D eigenvalue weighted by molar-refractivity contribution is 9.10. The number of hydrogen-bond acceptors (Lipinski definition) is 3. The number of ether oxygens (including phenoxy) is 1. The zero-order valence-electron chi connectivity index (χ0n) is 10.9. The molecular weight excluding hydrogens is 328 g/mol. The largest absolute Gasteiger partial charge is 0.389 e. The average Bonchev–Trinajstić information content (AvgIpc) is 2.38. The van der Waals surface area contributed by atoms with Gasteiger partial charge in [0.05, 0.1) is 11.8 Å². The molecule has 1 unspecified atom stereocenters. The van der Waals surface area contributed by atoms with Crippen molar-refractivity contribution < 1.29 is 9.53 Å². The maximum Gasteiger partial charge on any atom is 0.224 e. The summed E-state index contributed by atoms with van der Waals surface area (Å²) in [6.07, 6.45) is 1.18. The molecule has 19 heavy (non-hydrogen) atoms. The normalized spacial score (nSPS) is 11.9. The van der Waals surface area contributed by atoms with Crippen LogP contribution in [0.1, 0.15) is 25.3 Å². The Kier molecular flexibility index (Phi) is 6.41. The average molecular weight is 345 g/mol. The summed E-state index contributed by atoms with van der Waals surface area (Å²) in [5, 5.41) is 2.83. The summed E-state index contributed by atoms with van der Waals surface area (Å²) in [5.74, 6) is -0.0484. The number of rotatable bonds is 6. The van der Waals surface area contributed by atoms with Gasteiger partial charge in [0.25, 0.3) is 0 Å². The second kappa shape index (κ2) is 7.57. The van der Waals surface area contributed by atoms with Gasteiger partial charge < -0.3 is 15.8 Å². The molecule has 1 aromatic carbocycles. The van der Waals surface area contributed by atoms with Crippen LogP contribution in [0.5, 0.6) is 0 Å². The highest BCUT2D eigenvalue weighted by Crippen LogP contribution is 2.24. The monoisotopic (exact) mass is 344 g/mol. The van der Waals surface area contributed by atoms with Gasteiger partial charge in [-0.25, -0.2) is 0 Å². The summed E-state index contributed by atoms with van der Waals surface area (Å²) in [6.45, 7) is 1.93. The lowest BCUT2D eigenvalue weighted by molar-refractivity contribution is -0.116. The second-order valence-corrected chi connectivity index (χ2v) is 5.49. The smallest absolute Gasteiger partial charge is 0.224 e. The topological polar surface area (TPSA) is 64.3 Å². The minimum absolute atomic E-state index is 0.0484. The van der Waals surface area contributed by atoms with Crippen LogP contribution in [0.2, 0.25) is 0 Å². The number of carbonyl (C=O) groups is 1. The van der Waals surface area contributed by atoms with E-state index < -0.39 is 0 Å². The lowest BCUT2D eigenvalue weighted by Crippen LogP contribution is -2.16. The fourth-order valence-electron chi connectivity index (χ4n) is 1.43. The number of carbonyl (C=O) groups excluding carboxylic acids is 1. The van der Waals surface area contributed by atoms with E-state index in [4.69, 9.17) is 22.7 Å². The van der Waals surface area contributed by atoms with Crippen LogP contribution in [-0.2, 0) is 9.53 Å². The highest BCUT2D eigenvalue weighted by Gasteiger charge is 2.09. The molecule has 0 bridgehead atoms. The van der Waals surface area contributed by atoms with E-state index >= 15 is 0 Å². The molecule has 104 valence electrons.